The highest BCUT2D eigenvalue weighted by Gasteiger charge is 2.22. The number of nitrogens with two attached hydrogens (primary N) is 1. The van der Waals surface area contributed by atoms with Crippen LogP contribution in [-0.2, 0) is 0 Å². The molecule has 1 aliphatic rings. The Hall–Kier alpha value is -0.280. The van der Waals surface area contributed by atoms with Crippen molar-refractivity contribution in [1.29, 1.82) is 0 Å². The number of hydrogen-bond donors (Lipinski definition) is 1. The van der Waals surface area contributed by atoms with Gasteiger partial charge in [0.2, 0.25) is 0 Å². The number of halogens is 1. The number of rotatable bonds is 1. The summed E-state index contributed by atoms with van der Waals surface area (Å²) < 4.78 is 4.05. The van der Waals surface area contributed by atoms with E-state index in [1.54, 1.807) is 0 Å². The molecule has 2 rings (SSSR count). The summed E-state index contributed by atoms with van der Waals surface area (Å²) in [5.41, 5.74) is 5.58. The maximum atomic E-state index is 6.01. The minimum atomic E-state index is 0.503. The third-order valence-corrected chi connectivity index (χ3v) is 3.94. The van der Waals surface area contributed by atoms with Crippen LogP contribution in [0.2, 0.25) is 5.02 Å². The largest absolute Gasteiger partial charge is 0.382 e. The molecule has 2 nitrogen and oxygen atoms in total. The maximum absolute atomic E-state index is 6.01. The number of hydrogen-bond acceptors (Lipinski definition) is 3. The van der Waals surface area contributed by atoms with Gasteiger partial charge in [-0.3, -0.25) is 0 Å². The van der Waals surface area contributed by atoms with E-state index in [2.05, 4.69) is 4.37 Å². The topological polar surface area (TPSA) is 38.9 Å². The molecule has 0 saturated heterocycles. The minimum absolute atomic E-state index is 0.503. The predicted octanol–water partition coefficient (Wildman–Crippen LogP) is 3.04. The fourth-order valence-electron chi connectivity index (χ4n) is 1.75. The van der Waals surface area contributed by atoms with E-state index in [9.17, 15) is 0 Å². The Morgan fingerprint density at radius 1 is 1.42 bits per heavy atom. The van der Waals surface area contributed by atoms with Crippen LogP contribution in [0.1, 0.15) is 36.5 Å². The van der Waals surface area contributed by atoms with Gasteiger partial charge in [0.05, 0.1) is 5.02 Å². The second-order valence-electron chi connectivity index (χ2n) is 3.23. The SMILES string of the molecule is Nc1nsc(C2CCCC2)c1Cl. The van der Waals surface area contributed by atoms with Crippen molar-refractivity contribution in [3.8, 4) is 0 Å². The summed E-state index contributed by atoms with van der Waals surface area (Å²) in [5.74, 6) is 1.14. The molecule has 12 heavy (non-hydrogen) atoms. The Morgan fingerprint density at radius 3 is 2.58 bits per heavy atom. The minimum Gasteiger partial charge on any atom is -0.382 e. The Morgan fingerprint density at radius 2 is 2.08 bits per heavy atom. The molecule has 0 amide bonds. The standard InChI is InChI=1S/C8H11ClN2S/c9-6-7(12-11-8(6)10)5-3-1-2-4-5/h5H,1-4H2,(H2,10,11). The van der Waals surface area contributed by atoms with Crippen LogP contribution in [0.3, 0.4) is 0 Å². The molecule has 1 fully saturated rings. The molecule has 1 aromatic rings. The van der Waals surface area contributed by atoms with Crippen molar-refractivity contribution in [2.45, 2.75) is 31.6 Å². The highest BCUT2D eigenvalue weighted by Crippen LogP contribution is 2.41. The summed E-state index contributed by atoms with van der Waals surface area (Å²) in [4.78, 5) is 1.20. The summed E-state index contributed by atoms with van der Waals surface area (Å²) >= 11 is 7.48. The van der Waals surface area contributed by atoms with E-state index >= 15 is 0 Å². The van der Waals surface area contributed by atoms with Crippen LogP contribution in [0.4, 0.5) is 5.82 Å². The molecule has 0 radical (unpaired) electrons. The average molecular weight is 203 g/mol. The van der Waals surface area contributed by atoms with Gasteiger partial charge >= 0.3 is 0 Å². The molecule has 0 aliphatic heterocycles. The van der Waals surface area contributed by atoms with E-state index < -0.39 is 0 Å². The van der Waals surface area contributed by atoms with Gasteiger partial charge < -0.3 is 5.73 Å². The third-order valence-electron chi connectivity index (χ3n) is 2.41. The van der Waals surface area contributed by atoms with E-state index in [-0.39, 0.29) is 0 Å². The van der Waals surface area contributed by atoms with Crippen LogP contribution in [0, 0.1) is 0 Å². The summed E-state index contributed by atoms with van der Waals surface area (Å²) in [6.45, 7) is 0. The van der Waals surface area contributed by atoms with Gasteiger partial charge in [-0.25, -0.2) is 0 Å². The lowest BCUT2D eigenvalue weighted by atomic mass is 10.1. The summed E-state index contributed by atoms with van der Waals surface area (Å²) in [5, 5.41) is 0.701. The number of nitrogen functional groups attached to an aromatic ring is 1. The van der Waals surface area contributed by atoms with Gasteiger partial charge in [0, 0.05) is 4.88 Å². The molecular weight excluding hydrogens is 192 g/mol. The molecule has 66 valence electrons. The molecule has 4 heteroatoms. The fourth-order valence-corrected chi connectivity index (χ4v) is 2.95. The predicted molar refractivity (Wildman–Crippen MR) is 52.7 cm³/mol. The van der Waals surface area contributed by atoms with E-state index in [1.165, 1.54) is 42.1 Å². The molecule has 2 N–H and O–H groups in total. The number of anilines is 1. The van der Waals surface area contributed by atoms with Gasteiger partial charge in [0.15, 0.2) is 5.82 Å². The molecular formula is C8H11ClN2S. The average Bonchev–Trinajstić information content (AvgIpc) is 2.64. The van der Waals surface area contributed by atoms with Crippen LogP contribution in [0.5, 0.6) is 0 Å². The molecule has 1 aliphatic carbocycles. The van der Waals surface area contributed by atoms with Crippen molar-refractivity contribution >= 4 is 29.0 Å². The van der Waals surface area contributed by atoms with E-state index in [0.717, 1.165) is 0 Å². The molecule has 1 aromatic heterocycles. The fraction of sp³-hybridized carbons (Fsp3) is 0.625. The summed E-state index contributed by atoms with van der Waals surface area (Å²) in [7, 11) is 0. The van der Waals surface area contributed by atoms with Crippen molar-refractivity contribution in [2.75, 3.05) is 5.73 Å². The van der Waals surface area contributed by atoms with E-state index in [4.69, 9.17) is 17.3 Å². The molecule has 0 bridgehead atoms. The van der Waals surface area contributed by atoms with Gasteiger partial charge in [-0.15, -0.1) is 0 Å². The third kappa shape index (κ3) is 1.31. The van der Waals surface area contributed by atoms with E-state index in [0.29, 0.717) is 16.8 Å². The van der Waals surface area contributed by atoms with Crippen molar-refractivity contribution in [3.63, 3.8) is 0 Å². The lowest BCUT2D eigenvalue weighted by Crippen LogP contribution is -1.89. The summed E-state index contributed by atoms with van der Waals surface area (Å²) in [6, 6.07) is 0. The molecule has 0 atom stereocenters. The van der Waals surface area contributed by atoms with Crippen molar-refractivity contribution < 1.29 is 0 Å². The second kappa shape index (κ2) is 3.23. The molecule has 0 spiro atoms. The van der Waals surface area contributed by atoms with Gasteiger partial charge in [-0.2, -0.15) is 4.37 Å². The zero-order valence-electron chi connectivity index (χ0n) is 6.72. The van der Waals surface area contributed by atoms with Crippen molar-refractivity contribution in [2.24, 2.45) is 0 Å². The van der Waals surface area contributed by atoms with Crippen molar-refractivity contribution in [1.82, 2.24) is 4.37 Å². The monoisotopic (exact) mass is 202 g/mol. The second-order valence-corrected chi connectivity index (χ2v) is 4.41. The quantitative estimate of drug-likeness (QED) is 0.761. The first-order chi connectivity index (χ1) is 5.79. The van der Waals surface area contributed by atoms with Gasteiger partial charge in [-0.05, 0) is 30.3 Å². The maximum Gasteiger partial charge on any atom is 0.156 e. The highest BCUT2D eigenvalue weighted by atomic mass is 35.5. The van der Waals surface area contributed by atoms with Crippen LogP contribution in [-0.4, -0.2) is 4.37 Å². The molecule has 1 saturated carbocycles. The molecule has 0 aromatic carbocycles. The lowest BCUT2D eigenvalue weighted by molar-refractivity contribution is 0.738. The van der Waals surface area contributed by atoms with Crippen LogP contribution in [0.15, 0.2) is 0 Å². The zero-order valence-corrected chi connectivity index (χ0v) is 8.29. The molecule has 0 unspecified atom stereocenters. The zero-order chi connectivity index (χ0) is 8.55. The Balaban J connectivity index is 2.26. The smallest absolute Gasteiger partial charge is 0.156 e. The Kier molecular flexibility index (Phi) is 2.24. The number of nitrogens with zero attached hydrogens (tertiary/aromatic N) is 1. The summed E-state index contributed by atoms with van der Waals surface area (Å²) in [6.07, 6.45) is 5.14. The van der Waals surface area contributed by atoms with Crippen LogP contribution >= 0.6 is 23.1 Å². The van der Waals surface area contributed by atoms with Gasteiger partial charge in [0.1, 0.15) is 0 Å². The first-order valence-electron chi connectivity index (χ1n) is 4.19. The Bertz CT molecular complexity index is 279. The highest BCUT2D eigenvalue weighted by molar-refractivity contribution is 7.07. The number of aromatic nitrogens is 1. The first kappa shape index (κ1) is 8.32. The molecule has 1 heterocycles. The van der Waals surface area contributed by atoms with Gasteiger partial charge in [-0.1, -0.05) is 24.4 Å². The lowest BCUT2D eigenvalue weighted by Gasteiger charge is -2.04. The normalized spacial score (nSPS) is 18.8. The van der Waals surface area contributed by atoms with Crippen LogP contribution in [0.25, 0.3) is 0 Å². The van der Waals surface area contributed by atoms with E-state index in [1.807, 2.05) is 0 Å². The van der Waals surface area contributed by atoms with Crippen molar-refractivity contribution in [3.05, 3.63) is 9.90 Å². The first-order valence-corrected chi connectivity index (χ1v) is 5.34. The Labute approximate surface area is 80.9 Å². The van der Waals surface area contributed by atoms with Crippen LogP contribution < -0.4 is 5.73 Å². The van der Waals surface area contributed by atoms with Gasteiger partial charge in [0.25, 0.3) is 0 Å².